The second-order valence-electron chi connectivity index (χ2n) is 6.81. The zero-order valence-electron chi connectivity index (χ0n) is 15.5. The average molecular weight is 378 g/mol. The molecular weight excluding hydrogens is 356 g/mol. The fourth-order valence-electron chi connectivity index (χ4n) is 3.42. The number of carbonyl (C=O) groups is 1. The van der Waals surface area contributed by atoms with Gasteiger partial charge >= 0.3 is 5.63 Å². The maximum atomic E-state index is 12.4. The largest absolute Gasteiger partial charge is 0.422 e. The minimum atomic E-state index is -0.619. The number of rotatable bonds is 5. The maximum Gasteiger partial charge on any atom is 0.349 e. The van der Waals surface area contributed by atoms with Crippen LogP contribution in [0.25, 0.3) is 11.0 Å². The Balaban J connectivity index is 1.34. The highest BCUT2D eigenvalue weighted by atomic mass is 16.5. The zero-order chi connectivity index (χ0) is 19.3. The minimum Gasteiger partial charge on any atom is -0.422 e. The Morgan fingerprint density at radius 2 is 1.89 bits per heavy atom. The van der Waals surface area contributed by atoms with Gasteiger partial charge in [-0.05, 0) is 17.7 Å². The molecule has 1 amide bonds. The predicted octanol–water partition coefficient (Wildman–Crippen LogP) is 2.60. The van der Waals surface area contributed by atoms with Crippen LogP contribution < -0.4 is 10.9 Å². The van der Waals surface area contributed by atoms with E-state index in [1.165, 1.54) is 0 Å². The summed E-state index contributed by atoms with van der Waals surface area (Å²) < 4.78 is 11.1. The minimum absolute atomic E-state index is 0.0304. The molecule has 6 nitrogen and oxygen atoms in total. The monoisotopic (exact) mass is 378 g/mol. The lowest BCUT2D eigenvalue weighted by Gasteiger charge is -2.33. The molecule has 1 N–H and O–H groups in total. The lowest BCUT2D eigenvalue weighted by atomic mass is 10.1. The highest BCUT2D eigenvalue weighted by Gasteiger charge is 2.22. The molecule has 0 unspecified atom stereocenters. The van der Waals surface area contributed by atoms with Crippen molar-refractivity contribution in [3.05, 3.63) is 82.2 Å². The van der Waals surface area contributed by atoms with E-state index in [1.54, 1.807) is 18.2 Å². The zero-order valence-corrected chi connectivity index (χ0v) is 15.5. The van der Waals surface area contributed by atoms with Gasteiger partial charge in [-0.1, -0.05) is 48.5 Å². The molecule has 1 aliphatic rings. The summed E-state index contributed by atoms with van der Waals surface area (Å²) in [6.07, 6.45) is 0.0400. The summed E-state index contributed by atoms with van der Waals surface area (Å²) in [6, 6.07) is 18.9. The first-order chi connectivity index (χ1) is 13.7. The number of ether oxygens (including phenoxy) is 1. The van der Waals surface area contributed by atoms with Crippen LogP contribution in [0.1, 0.15) is 22.0 Å². The molecule has 2 heterocycles. The SMILES string of the molecule is O=C(NCCN1CCO[C@@H](c2ccccc2)C1)c1cc2ccccc2oc1=O. The van der Waals surface area contributed by atoms with Crippen LogP contribution in [0.4, 0.5) is 0 Å². The fourth-order valence-corrected chi connectivity index (χ4v) is 3.42. The Labute approximate surface area is 162 Å². The van der Waals surface area contributed by atoms with Crippen LogP contribution in [0, 0.1) is 0 Å². The summed E-state index contributed by atoms with van der Waals surface area (Å²) in [5.74, 6) is -0.410. The number of benzene rings is 2. The smallest absolute Gasteiger partial charge is 0.349 e. The molecule has 0 saturated carbocycles. The number of morpholine rings is 1. The van der Waals surface area contributed by atoms with E-state index in [4.69, 9.17) is 9.15 Å². The standard InChI is InChI=1S/C22H22N2O4/c25-21(18-14-17-8-4-5-9-19(17)28-22(18)26)23-10-11-24-12-13-27-20(15-24)16-6-2-1-3-7-16/h1-9,14,20H,10-13,15H2,(H,23,25)/t20-/m1/s1. The average Bonchev–Trinajstić information content (AvgIpc) is 2.74. The van der Waals surface area contributed by atoms with E-state index in [-0.39, 0.29) is 11.7 Å². The van der Waals surface area contributed by atoms with Gasteiger partial charge in [-0.3, -0.25) is 9.69 Å². The number of hydrogen-bond donors (Lipinski definition) is 1. The van der Waals surface area contributed by atoms with Crippen LogP contribution >= 0.6 is 0 Å². The molecule has 28 heavy (non-hydrogen) atoms. The van der Waals surface area contributed by atoms with Crippen LogP contribution in [0.2, 0.25) is 0 Å². The van der Waals surface area contributed by atoms with Crippen molar-refractivity contribution in [3.63, 3.8) is 0 Å². The van der Waals surface area contributed by atoms with Gasteiger partial charge in [0.05, 0.1) is 12.7 Å². The summed E-state index contributed by atoms with van der Waals surface area (Å²) in [7, 11) is 0. The van der Waals surface area contributed by atoms with E-state index < -0.39 is 11.5 Å². The van der Waals surface area contributed by atoms with Crippen LogP contribution in [0.15, 0.2) is 69.9 Å². The van der Waals surface area contributed by atoms with Crippen molar-refractivity contribution < 1.29 is 13.9 Å². The fraction of sp³-hybridized carbons (Fsp3) is 0.273. The lowest BCUT2D eigenvalue weighted by Crippen LogP contribution is -2.43. The molecule has 1 saturated heterocycles. The van der Waals surface area contributed by atoms with E-state index in [9.17, 15) is 9.59 Å². The number of hydrogen-bond acceptors (Lipinski definition) is 5. The van der Waals surface area contributed by atoms with Crippen molar-refractivity contribution in [2.75, 3.05) is 32.8 Å². The van der Waals surface area contributed by atoms with E-state index in [0.29, 0.717) is 25.3 Å². The van der Waals surface area contributed by atoms with E-state index in [2.05, 4.69) is 22.3 Å². The number of amides is 1. The van der Waals surface area contributed by atoms with Crippen LogP contribution in [-0.4, -0.2) is 43.6 Å². The Bertz CT molecular complexity index is 1020. The molecule has 1 atom stereocenters. The first kappa shape index (κ1) is 18.4. The molecule has 2 aromatic carbocycles. The molecule has 6 heteroatoms. The molecular formula is C22H22N2O4. The molecule has 1 aliphatic heterocycles. The van der Waals surface area contributed by atoms with Gasteiger partial charge in [0.25, 0.3) is 5.91 Å². The van der Waals surface area contributed by atoms with Crippen molar-refractivity contribution in [3.8, 4) is 0 Å². The lowest BCUT2D eigenvalue weighted by molar-refractivity contribution is -0.0293. The first-order valence-electron chi connectivity index (χ1n) is 9.41. The van der Waals surface area contributed by atoms with Gasteiger partial charge in [0.2, 0.25) is 0 Å². The number of fused-ring (bicyclic) bond motifs is 1. The van der Waals surface area contributed by atoms with Crippen LogP contribution in [0.5, 0.6) is 0 Å². The van der Waals surface area contributed by atoms with Gasteiger partial charge in [0.15, 0.2) is 0 Å². The molecule has 3 aromatic rings. The van der Waals surface area contributed by atoms with E-state index in [0.717, 1.165) is 24.0 Å². The molecule has 0 spiro atoms. The summed E-state index contributed by atoms with van der Waals surface area (Å²) in [4.78, 5) is 26.8. The van der Waals surface area contributed by atoms with Gasteiger partial charge < -0.3 is 14.5 Å². The topological polar surface area (TPSA) is 71.8 Å². The van der Waals surface area contributed by atoms with Crippen molar-refractivity contribution in [2.45, 2.75) is 6.10 Å². The molecule has 1 fully saturated rings. The Kier molecular flexibility index (Phi) is 5.50. The first-order valence-corrected chi connectivity index (χ1v) is 9.41. The Morgan fingerprint density at radius 3 is 2.75 bits per heavy atom. The molecule has 0 bridgehead atoms. The molecule has 1 aromatic heterocycles. The third kappa shape index (κ3) is 4.13. The normalized spacial score (nSPS) is 17.5. The third-order valence-electron chi connectivity index (χ3n) is 4.92. The number of nitrogens with zero attached hydrogens (tertiary/aromatic N) is 1. The van der Waals surface area contributed by atoms with Gasteiger partial charge in [-0.15, -0.1) is 0 Å². The number of para-hydroxylation sites is 1. The van der Waals surface area contributed by atoms with Crippen LogP contribution in [-0.2, 0) is 4.74 Å². The summed E-state index contributed by atoms with van der Waals surface area (Å²) >= 11 is 0. The Morgan fingerprint density at radius 1 is 1.11 bits per heavy atom. The number of nitrogens with one attached hydrogen (secondary N) is 1. The summed E-state index contributed by atoms with van der Waals surface area (Å²) in [6.45, 7) is 3.39. The van der Waals surface area contributed by atoms with Crippen molar-refractivity contribution >= 4 is 16.9 Å². The second kappa shape index (κ2) is 8.37. The highest BCUT2D eigenvalue weighted by molar-refractivity contribution is 5.96. The van der Waals surface area contributed by atoms with Crippen molar-refractivity contribution in [1.29, 1.82) is 0 Å². The van der Waals surface area contributed by atoms with E-state index in [1.807, 2.05) is 30.3 Å². The quantitative estimate of drug-likeness (QED) is 0.691. The maximum absolute atomic E-state index is 12.4. The highest BCUT2D eigenvalue weighted by Crippen LogP contribution is 2.21. The second-order valence-corrected chi connectivity index (χ2v) is 6.81. The van der Waals surface area contributed by atoms with Gasteiger partial charge in [0, 0.05) is 31.6 Å². The third-order valence-corrected chi connectivity index (χ3v) is 4.92. The Hall–Kier alpha value is -2.96. The molecule has 144 valence electrons. The van der Waals surface area contributed by atoms with Gasteiger partial charge in [0.1, 0.15) is 11.1 Å². The van der Waals surface area contributed by atoms with Gasteiger partial charge in [-0.25, -0.2) is 4.79 Å². The predicted molar refractivity (Wildman–Crippen MR) is 106 cm³/mol. The van der Waals surface area contributed by atoms with Gasteiger partial charge in [-0.2, -0.15) is 0 Å². The van der Waals surface area contributed by atoms with Crippen molar-refractivity contribution in [2.24, 2.45) is 0 Å². The molecule has 0 radical (unpaired) electrons. The summed E-state index contributed by atoms with van der Waals surface area (Å²) in [5, 5.41) is 3.55. The van der Waals surface area contributed by atoms with Crippen LogP contribution in [0.3, 0.4) is 0 Å². The van der Waals surface area contributed by atoms with E-state index >= 15 is 0 Å². The number of carbonyl (C=O) groups excluding carboxylic acids is 1. The summed E-state index contributed by atoms with van der Waals surface area (Å²) in [5.41, 5.74) is 1.05. The molecule has 0 aliphatic carbocycles. The molecule has 4 rings (SSSR count). The van der Waals surface area contributed by atoms with Crippen molar-refractivity contribution in [1.82, 2.24) is 10.2 Å².